The molecule has 2 heterocycles. The van der Waals surface area contributed by atoms with Gasteiger partial charge in [-0.15, -0.1) is 0 Å². The lowest BCUT2D eigenvalue weighted by Crippen LogP contribution is -2.49. The maximum Gasteiger partial charge on any atom is 0.417 e. The van der Waals surface area contributed by atoms with Crippen molar-refractivity contribution >= 4 is 17.6 Å². The minimum atomic E-state index is -4.49. The number of rotatable bonds is 7. The van der Waals surface area contributed by atoms with Crippen LogP contribution in [0.2, 0.25) is 5.02 Å². The van der Waals surface area contributed by atoms with Crippen LogP contribution in [0.1, 0.15) is 38.2 Å². The first-order valence-electron chi connectivity index (χ1n) is 10.0. The number of alkyl halides is 3. The summed E-state index contributed by atoms with van der Waals surface area (Å²) in [5.74, 6) is 0.688. The van der Waals surface area contributed by atoms with Crippen molar-refractivity contribution in [3.05, 3.63) is 22.8 Å². The van der Waals surface area contributed by atoms with E-state index in [4.69, 9.17) is 16.3 Å². The van der Waals surface area contributed by atoms with E-state index in [0.717, 1.165) is 44.6 Å². The molecule has 0 radical (unpaired) electrons. The number of guanidine groups is 1. The zero-order valence-corrected chi connectivity index (χ0v) is 17.2. The van der Waals surface area contributed by atoms with Crippen LogP contribution in [0.5, 0.6) is 5.88 Å². The van der Waals surface area contributed by atoms with Crippen LogP contribution >= 0.6 is 11.6 Å². The van der Waals surface area contributed by atoms with Crippen molar-refractivity contribution in [2.45, 2.75) is 50.9 Å². The van der Waals surface area contributed by atoms with E-state index in [1.807, 2.05) is 6.92 Å². The number of aromatic nitrogens is 1. The van der Waals surface area contributed by atoms with Crippen molar-refractivity contribution in [3.63, 3.8) is 0 Å². The molecule has 2 aliphatic rings. The summed E-state index contributed by atoms with van der Waals surface area (Å²) in [5.41, 5.74) is -0.903. The number of aliphatic imine (C=N–C) groups is 1. The molecular weight excluding hydrogens is 407 g/mol. The highest BCUT2D eigenvalue weighted by atomic mass is 35.5. The summed E-state index contributed by atoms with van der Waals surface area (Å²) in [7, 11) is 0. The van der Waals surface area contributed by atoms with E-state index in [-0.39, 0.29) is 17.5 Å². The molecule has 1 aromatic rings. The zero-order valence-electron chi connectivity index (χ0n) is 16.4. The van der Waals surface area contributed by atoms with E-state index in [0.29, 0.717) is 24.7 Å². The van der Waals surface area contributed by atoms with E-state index in [2.05, 4.69) is 25.5 Å². The minimum absolute atomic E-state index is 0.0275. The second-order valence-corrected chi connectivity index (χ2v) is 7.71. The monoisotopic (exact) mass is 433 g/mol. The molecule has 0 amide bonds. The van der Waals surface area contributed by atoms with Gasteiger partial charge in [-0.1, -0.05) is 11.6 Å². The molecule has 0 atom stereocenters. The van der Waals surface area contributed by atoms with Gasteiger partial charge in [-0.2, -0.15) is 13.2 Å². The smallest absolute Gasteiger partial charge is 0.417 e. The van der Waals surface area contributed by atoms with Crippen LogP contribution < -0.4 is 15.4 Å². The Labute approximate surface area is 173 Å². The number of hydrogen-bond acceptors (Lipinski definition) is 4. The van der Waals surface area contributed by atoms with Crippen LogP contribution in [0.15, 0.2) is 17.3 Å². The third kappa shape index (κ3) is 6.64. The molecule has 6 nitrogen and oxygen atoms in total. The third-order valence-electron chi connectivity index (χ3n) is 5.01. The van der Waals surface area contributed by atoms with E-state index < -0.39 is 11.7 Å². The van der Waals surface area contributed by atoms with Crippen molar-refractivity contribution in [1.29, 1.82) is 0 Å². The Morgan fingerprint density at radius 3 is 2.62 bits per heavy atom. The number of nitrogens with one attached hydrogen (secondary N) is 2. The van der Waals surface area contributed by atoms with Crippen molar-refractivity contribution < 1.29 is 17.9 Å². The summed E-state index contributed by atoms with van der Waals surface area (Å²) >= 11 is 5.84. The molecule has 1 saturated heterocycles. The quantitative estimate of drug-likeness (QED) is 0.392. The van der Waals surface area contributed by atoms with Gasteiger partial charge in [0.2, 0.25) is 5.88 Å². The molecule has 0 aromatic carbocycles. The molecule has 0 bridgehead atoms. The predicted octanol–water partition coefficient (Wildman–Crippen LogP) is 3.31. The van der Waals surface area contributed by atoms with Gasteiger partial charge in [0.1, 0.15) is 11.6 Å². The van der Waals surface area contributed by atoms with Crippen LogP contribution in [0, 0.1) is 0 Å². The van der Waals surface area contributed by atoms with Gasteiger partial charge in [-0.05, 0) is 38.7 Å². The molecule has 1 aliphatic carbocycles. The van der Waals surface area contributed by atoms with Crippen molar-refractivity contribution in [1.82, 2.24) is 20.5 Å². The van der Waals surface area contributed by atoms with Crippen molar-refractivity contribution in [3.8, 4) is 5.88 Å². The molecule has 3 rings (SSSR count). The van der Waals surface area contributed by atoms with Crippen LogP contribution in [0.4, 0.5) is 13.2 Å². The second kappa shape index (κ2) is 9.84. The average molecular weight is 434 g/mol. The number of piperidine rings is 1. The fraction of sp³-hybridized carbons (Fsp3) is 0.684. The number of likely N-dealkylation sites (tertiary alicyclic amines) is 1. The molecule has 1 aliphatic heterocycles. The number of pyridine rings is 1. The highest BCUT2D eigenvalue weighted by Gasteiger charge is 2.32. The van der Waals surface area contributed by atoms with E-state index in [9.17, 15) is 13.2 Å². The molecule has 2 fully saturated rings. The molecule has 0 spiro atoms. The Bertz CT molecular complexity index is 704. The van der Waals surface area contributed by atoms with Crippen LogP contribution in [0.25, 0.3) is 0 Å². The first kappa shape index (κ1) is 22.0. The molecule has 1 aromatic heterocycles. The summed E-state index contributed by atoms with van der Waals surface area (Å²) < 4.78 is 43.3. The van der Waals surface area contributed by atoms with Crippen molar-refractivity contribution in [2.24, 2.45) is 4.99 Å². The van der Waals surface area contributed by atoms with Gasteiger partial charge in [0, 0.05) is 37.9 Å². The third-order valence-corrected chi connectivity index (χ3v) is 5.28. The van der Waals surface area contributed by atoms with Crippen LogP contribution in [-0.4, -0.2) is 60.7 Å². The molecule has 29 heavy (non-hydrogen) atoms. The Morgan fingerprint density at radius 1 is 1.31 bits per heavy atom. The van der Waals surface area contributed by atoms with E-state index in [1.54, 1.807) is 0 Å². The Balaban J connectivity index is 1.45. The van der Waals surface area contributed by atoms with E-state index in [1.165, 1.54) is 12.8 Å². The first-order chi connectivity index (χ1) is 13.9. The molecule has 2 N–H and O–H groups in total. The Kier molecular flexibility index (Phi) is 7.45. The van der Waals surface area contributed by atoms with Gasteiger partial charge < -0.3 is 20.3 Å². The fourth-order valence-electron chi connectivity index (χ4n) is 3.35. The largest absolute Gasteiger partial charge is 0.475 e. The maximum atomic E-state index is 12.7. The summed E-state index contributed by atoms with van der Waals surface area (Å²) in [6.07, 6.45) is 1.07. The van der Waals surface area contributed by atoms with Gasteiger partial charge in [-0.25, -0.2) is 9.98 Å². The van der Waals surface area contributed by atoms with Gasteiger partial charge in [0.15, 0.2) is 5.96 Å². The lowest BCUT2D eigenvalue weighted by molar-refractivity contribution is -0.137. The summed E-state index contributed by atoms with van der Waals surface area (Å²) in [5, 5.41) is 6.50. The van der Waals surface area contributed by atoms with Crippen LogP contribution in [0.3, 0.4) is 0 Å². The molecule has 10 heteroatoms. The second-order valence-electron chi connectivity index (χ2n) is 7.30. The summed E-state index contributed by atoms with van der Waals surface area (Å²) in [4.78, 5) is 10.7. The Hall–Kier alpha value is -1.74. The fourth-order valence-corrected chi connectivity index (χ4v) is 3.57. The molecular formula is C19H27ClF3N5O. The molecule has 1 saturated carbocycles. The van der Waals surface area contributed by atoms with Gasteiger partial charge in [0.05, 0.1) is 12.1 Å². The lowest BCUT2D eigenvalue weighted by atomic mass is 10.1. The first-order valence-corrected chi connectivity index (χ1v) is 10.4. The standard InChI is InChI=1S/C19H27ClF3N5O/c1-2-24-18(27-14-5-8-28(9-6-14)15-3-4-15)25-7-10-29-17-16(20)11-13(12-26-17)19(21,22)23/h11-12,14-15H,2-10H2,1H3,(H2,24,25,27). The maximum absolute atomic E-state index is 12.7. The van der Waals surface area contributed by atoms with Crippen LogP contribution in [-0.2, 0) is 6.18 Å². The number of ether oxygens (including phenoxy) is 1. The minimum Gasteiger partial charge on any atom is -0.475 e. The topological polar surface area (TPSA) is 61.8 Å². The van der Waals surface area contributed by atoms with Gasteiger partial charge >= 0.3 is 6.18 Å². The average Bonchev–Trinajstić information content (AvgIpc) is 3.51. The number of nitrogens with zero attached hydrogens (tertiary/aromatic N) is 3. The highest BCUT2D eigenvalue weighted by Crippen LogP contribution is 2.33. The molecule has 0 unspecified atom stereocenters. The van der Waals surface area contributed by atoms with Crippen molar-refractivity contribution in [2.75, 3.05) is 32.8 Å². The zero-order chi connectivity index (χ0) is 20.9. The van der Waals surface area contributed by atoms with Gasteiger partial charge in [-0.3, -0.25) is 0 Å². The van der Waals surface area contributed by atoms with Gasteiger partial charge in [0.25, 0.3) is 0 Å². The predicted molar refractivity (Wildman–Crippen MR) is 106 cm³/mol. The summed E-state index contributed by atoms with van der Waals surface area (Å²) in [6.45, 7) is 5.45. The highest BCUT2D eigenvalue weighted by molar-refractivity contribution is 6.31. The normalized spacial score (nSPS) is 19.3. The van der Waals surface area contributed by atoms with E-state index >= 15 is 0 Å². The SMILES string of the molecule is CCNC(=NCCOc1ncc(C(F)(F)F)cc1Cl)NC1CCN(C2CC2)CC1. The summed E-state index contributed by atoms with van der Waals surface area (Å²) in [6, 6.07) is 2.00. The molecule has 162 valence electrons. The Morgan fingerprint density at radius 2 is 2.03 bits per heavy atom. The number of halogens is 4. The number of hydrogen-bond donors (Lipinski definition) is 2. The lowest BCUT2D eigenvalue weighted by Gasteiger charge is -2.33.